The topological polar surface area (TPSA) is 49.4 Å². The van der Waals surface area contributed by atoms with Crippen molar-refractivity contribution in [1.29, 1.82) is 0 Å². The monoisotopic (exact) mass is 266 g/mol. The Morgan fingerprint density at radius 3 is 2.53 bits per heavy atom. The van der Waals surface area contributed by atoms with E-state index in [4.69, 9.17) is 0 Å². The number of piperazine rings is 1. The smallest absolute Gasteiger partial charge is 0.245 e. The third-order valence-corrected chi connectivity index (χ3v) is 4.73. The highest BCUT2D eigenvalue weighted by molar-refractivity contribution is 5.96. The van der Waals surface area contributed by atoms with Crippen LogP contribution in [0, 0.1) is 11.8 Å². The van der Waals surface area contributed by atoms with Crippen molar-refractivity contribution in [2.45, 2.75) is 65.0 Å². The largest absolute Gasteiger partial charge is 0.343 e. The van der Waals surface area contributed by atoms with Gasteiger partial charge in [-0.2, -0.15) is 0 Å². The van der Waals surface area contributed by atoms with Crippen molar-refractivity contribution in [3.8, 4) is 0 Å². The van der Waals surface area contributed by atoms with Crippen molar-refractivity contribution in [2.24, 2.45) is 11.8 Å². The third kappa shape index (κ3) is 2.93. The first kappa shape index (κ1) is 14.4. The number of hydrogen-bond acceptors (Lipinski definition) is 2. The summed E-state index contributed by atoms with van der Waals surface area (Å²) in [6, 6.07) is -0.636. The van der Waals surface area contributed by atoms with Crippen LogP contribution >= 0.6 is 0 Å². The Morgan fingerprint density at radius 2 is 1.95 bits per heavy atom. The van der Waals surface area contributed by atoms with Crippen molar-refractivity contribution in [2.75, 3.05) is 6.54 Å². The van der Waals surface area contributed by atoms with Gasteiger partial charge in [0.1, 0.15) is 12.1 Å². The SMILES string of the molecule is CCC(C)C1C(=O)NC(C)C(=O)N1CC1CCCC1. The lowest BCUT2D eigenvalue weighted by molar-refractivity contribution is -0.151. The molecule has 0 aromatic heterocycles. The van der Waals surface area contributed by atoms with Crippen molar-refractivity contribution in [3.05, 3.63) is 0 Å². The van der Waals surface area contributed by atoms with Crippen molar-refractivity contribution in [3.63, 3.8) is 0 Å². The zero-order chi connectivity index (χ0) is 14.0. The molecular weight excluding hydrogens is 240 g/mol. The van der Waals surface area contributed by atoms with E-state index in [9.17, 15) is 9.59 Å². The molecule has 0 spiro atoms. The maximum absolute atomic E-state index is 12.4. The van der Waals surface area contributed by atoms with Crippen LogP contribution in [0.2, 0.25) is 0 Å². The lowest BCUT2D eigenvalue weighted by Gasteiger charge is -2.41. The standard InChI is InChI=1S/C15H26N2O2/c1-4-10(2)13-14(18)16-11(3)15(19)17(13)9-12-7-5-6-8-12/h10-13H,4-9H2,1-3H3,(H,16,18). The fourth-order valence-electron chi connectivity index (χ4n) is 3.35. The van der Waals surface area contributed by atoms with Gasteiger partial charge in [0.05, 0.1) is 0 Å². The number of nitrogens with zero attached hydrogens (tertiary/aromatic N) is 1. The minimum Gasteiger partial charge on any atom is -0.343 e. The molecule has 3 unspecified atom stereocenters. The highest BCUT2D eigenvalue weighted by atomic mass is 16.2. The second kappa shape index (κ2) is 5.93. The van der Waals surface area contributed by atoms with Gasteiger partial charge in [0.15, 0.2) is 0 Å². The molecule has 0 bridgehead atoms. The molecular formula is C15H26N2O2. The van der Waals surface area contributed by atoms with Crippen LogP contribution in [0.1, 0.15) is 52.9 Å². The lowest BCUT2D eigenvalue weighted by Crippen LogP contribution is -2.64. The Morgan fingerprint density at radius 1 is 1.32 bits per heavy atom. The highest BCUT2D eigenvalue weighted by Gasteiger charge is 2.41. The number of rotatable bonds is 4. The van der Waals surface area contributed by atoms with Gasteiger partial charge in [0.2, 0.25) is 11.8 Å². The average molecular weight is 266 g/mol. The molecule has 3 atom stereocenters. The minimum atomic E-state index is -0.366. The summed E-state index contributed by atoms with van der Waals surface area (Å²) >= 11 is 0. The van der Waals surface area contributed by atoms with Crippen molar-refractivity contribution in [1.82, 2.24) is 10.2 Å². The van der Waals surface area contributed by atoms with Crippen LogP contribution in [0.15, 0.2) is 0 Å². The predicted molar refractivity (Wildman–Crippen MR) is 74.5 cm³/mol. The van der Waals surface area contributed by atoms with E-state index in [1.165, 1.54) is 25.7 Å². The van der Waals surface area contributed by atoms with Crippen LogP contribution in [0.5, 0.6) is 0 Å². The van der Waals surface area contributed by atoms with E-state index in [2.05, 4.69) is 19.2 Å². The van der Waals surface area contributed by atoms with Gasteiger partial charge in [-0.05, 0) is 31.6 Å². The van der Waals surface area contributed by atoms with Crippen LogP contribution in [0.3, 0.4) is 0 Å². The molecule has 2 rings (SSSR count). The van der Waals surface area contributed by atoms with Gasteiger partial charge < -0.3 is 10.2 Å². The molecule has 2 aliphatic rings. The fraction of sp³-hybridized carbons (Fsp3) is 0.867. The molecule has 1 saturated heterocycles. The maximum Gasteiger partial charge on any atom is 0.245 e. The minimum absolute atomic E-state index is 0.0273. The zero-order valence-corrected chi connectivity index (χ0v) is 12.3. The summed E-state index contributed by atoms with van der Waals surface area (Å²) in [5, 5.41) is 2.82. The van der Waals surface area contributed by atoms with Gasteiger partial charge in [0.25, 0.3) is 0 Å². The first-order valence-corrected chi connectivity index (χ1v) is 7.65. The second-order valence-corrected chi connectivity index (χ2v) is 6.20. The second-order valence-electron chi connectivity index (χ2n) is 6.20. The lowest BCUT2D eigenvalue weighted by atomic mass is 9.92. The van der Waals surface area contributed by atoms with Crippen molar-refractivity contribution < 1.29 is 9.59 Å². The average Bonchev–Trinajstić information content (AvgIpc) is 2.88. The molecule has 0 aromatic carbocycles. The number of carbonyl (C=O) groups is 2. The number of nitrogens with one attached hydrogen (secondary N) is 1. The normalized spacial score (nSPS) is 30.6. The molecule has 108 valence electrons. The third-order valence-electron chi connectivity index (χ3n) is 4.73. The maximum atomic E-state index is 12.4. The molecule has 4 heteroatoms. The summed E-state index contributed by atoms with van der Waals surface area (Å²) in [5.41, 5.74) is 0. The van der Waals surface area contributed by atoms with Gasteiger partial charge in [0, 0.05) is 6.54 Å². The van der Waals surface area contributed by atoms with E-state index < -0.39 is 0 Å². The van der Waals surface area contributed by atoms with E-state index in [1.54, 1.807) is 6.92 Å². The fourth-order valence-corrected chi connectivity index (χ4v) is 3.35. The Hall–Kier alpha value is -1.06. The summed E-state index contributed by atoms with van der Waals surface area (Å²) < 4.78 is 0. The summed E-state index contributed by atoms with van der Waals surface area (Å²) in [7, 11) is 0. The molecule has 2 fully saturated rings. The summed E-state index contributed by atoms with van der Waals surface area (Å²) in [5.74, 6) is 0.933. The van der Waals surface area contributed by atoms with E-state index >= 15 is 0 Å². The molecule has 19 heavy (non-hydrogen) atoms. The molecule has 1 heterocycles. The van der Waals surface area contributed by atoms with E-state index in [0.717, 1.165) is 13.0 Å². The molecule has 0 aromatic rings. The summed E-state index contributed by atoms with van der Waals surface area (Å²) in [6.45, 7) is 6.70. The van der Waals surface area contributed by atoms with Crippen LogP contribution < -0.4 is 5.32 Å². The highest BCUT2D eigenvalue weighted by Crippen LogP contribution is 2.29. The van der Waals surface area contributed by atoms with Gasteiger partial charge in [-0.15, -0.1) is 0 Å². The van der Waals surface area contributed by atoms with Gasteiger partial charge in [-0.1, -0.05) is 33.1 Å². The number of carbonyl (C=O) groups excluding carboxylic acids is 2. The van der Waals surface area contributed by atoms with Crippen LogP contribution in [-0.2, 0) is 9.59 Å². The molecule has 1 aliphatic carbocycles. The number of amides is 2. The zero-order valence-electron chi connectivity index (χ0n) is 12.3. The van der Waals surface area contributed by atoms with E-state index in [0.29, 0.717) is 5.92 Å². The molecule has 1 saturated carbocycles. The summed E-state index contributed by atoms with van der Waals surface area (Å²) in [4.78, 5) is 26.5. The molecule has 2 amide bonds. The molecule has 1 N–H and O–H groups in total. The quantitative estimate of drug-likeness (QED) is 0.845. The Labute approximate surface area is 115 Å². The molecule has 4 nitrogen and oxygen atoms in total. The Balaban J connectivity index is 2.15. The van der Waals surface area contributed by atoms with Crippen LogP contribution in [0.25, 0.3) is 0 Å². The molecule has 0 radical (unpaired) electrons. The van der Waals surface area contributed by atoms with Gasteiger partial charge in [-0.25, -0.2) is 0 Å². The van der Waals surface area contributed by atoms with E-state index in [1.807, 2.05) is 4.90 Å². The van der Waals surface area contributed by atoms with Crippen molar-refractivity contribution >= 4 is 11.8 Å². The molecule has 1 aliphatic heterocycles. The van der Waals surface area contributed by atoms with Crippen LogP contribution in [0.4, 0.5) is 0 Å². The Bertz CT molecular complexity index is 350. The Kier molecular flexibility index (Phi) is 4.48. The van der Waals surface area contributed by atoms with Gasteiger partial charge in [-0.3, -0.25) is 9.59 Å². The number of hydrogen-bond donors (Lipinski definition) is 1. The van der Waals surface area contributed by atoms with Crippen LogP contribution in [-0.4, -0.2) is 35.3 Å². The van der Waals surface area contributed by atoms with E-state index in [-0.39, 0.29) is 29.8 Å². The predicted octanol–water partition coefficient (Wildman–Crippen LogP) is 1.94. The first-order valence-electron chi connectivity index (χ1n) is 7.65. The summed E-state index contributed by atoms with van der Waals surface area (Å²) in [6.07, 6.45) is 5.85. The first-order chi connectivity index (χ1) is 9.04. The van der Waals surface area contributed by atoms with Gasteiger partial charge >= 0.3 is 0 Å².